The van der Waals surface area contributed by atoms with Gasteiger partial charge in [0.2, 0.25) is 0 Å². The van der Waals surface area contributed by atoms with Gasteiger partial charge in [-0.15, -0.1) is 0 Å². The standard InChI is InChI=1S/C12H18O5/c1-15-12-8-10(9-14)2-3-11(12)17-7-6-16-5-4-13/h2-3,8,13-14H,4-7,9H2,1H3. The van der Waals surface area contributed by atoms with E-state index in [1.54, 1.807) is 25.3 Å². The van der Waals surface area contributed by atoms with Crippen molar-refractivity contribution in [1.29, 1.82) is 0 Å². The van der Waals surface area contributed by atoms with E-state index in [9.17, 15) is 0 Å². The highest BCUT2D eigenvalue weighted by Crippen LogP contribution is 2.27. The molecule has 1 aromatic rings. The Bertz CT molecular complexity index is 327. The molecule has 0 aliphatic heterocycles. The van der Waals surface area contributed by atoms with E-state index in [1.165, 1.54) is 0 Å². The Morgan fingerprint density at radius 2 is 1.88 bits per heavy atom. The predicted octanol–water partition coefficient (Wildman–Crippen LogP) is 0.575. The van der Waals surface area contributed by atoms with Crippen LogP contribution >= 0.6 is 0 Å². The van der Waals surface area contributed by atoms with Crippen LogP contribution in [0.2, 0.25) is 0 Å². The van der Waals surface area contributed by atoms with Crippen LogP contribution in [0.5, 0.6) is 11.5 Å². The lowest BCUT2D eigenvalue weighted by Crippen LogP contribution is -2.09. The Kier molecular flexibility index (Phi) is 6.39. The summed E-state index contributed by atoms with van der Waals surface area (Å²) in [7, 11) is 1.55. The van der Waals surface area contributed by atoms with Gasteiger partial charge in [-0.1, -0.05) is 6.07 Å². The van der Waals surface area contributed by atoms with Gasteiger partial charge in [-0.3, -0.25) is 0 Å². The highest BCUT2D eigenvalue weighted by atomic mass is 16.5. The summed E-state index contributed by atoms with van der Waals surface area (Å²) in [5.74, 6) is 1.19. The molecule has 17 heavy (non-hydrogen) atoms. The van der Waals surface area contributed by atoms with Crippen molar-refractivity contribution >= 4 is 0 Å². The third-order valence-corrected chi connectivity index (χ3v) is 2.13. The highest BCUT2D eigenvalue weighted by Gasteiger charge is 2.05. The zero-order valence-corrected chi connectivity index (χ0v) is 9.89. The molecule has 0 aliphatic carbocycles. The summed E-state index contributed by atoms with van der Waals surface area (Å²) in [4.78, 5) is 0. The van der Waals surface area contributed by atoms with E-state index in [1.807, 2.05) is 0 Å². The van der Waals surface area contributed by atoms with Crippen LogP contribution in [-0.4, -0.2) is 43.8 Å². The van der Waals surface area contributed by atoms with E-state index in [0.29, 0.717) is 31.3 Å². The van der Waals surface area contributed by atoms with E-state index in [0.717, 1.165) is 5.56 Å². The minimum absolute atomic E-state index is 0.00845. The number of hydrogen-bond acceptors (Lipinski definition) is 5. The average Bonchev–Trinajstić information content (AvgIpc) is 2.38. The van der Waals surface area contributed by atoms with Gasteiger partial charge >= 0.3 is 0 Å². The predicted molar refractivity (Wildman–Crippen MR) is 62.3 cm³/mol. The number of methoxy groups -OCH3 is 1. The fourth-order valence-corrected chi connectivity index (χ4v) is 1.31. The van der Waals surface area contributed by atoms with Crippen molar-refractivity contribution < 1.29 is 24.4 Å². The number of ether oxygens (including phenoxy) is 3. The van der Waals surface area contributed by atoms with Crippen molar-refractivity contribution in [2.45, 2.75) is 6.61 Å². The van der Waals surface area contributed by atoms with Gasteiger partial charge in [0, 0.05) is 0 Å². The van der Waals surface area contributed by atoms with Crippen LogP contribution in [0.1, 0.15) is 5.56 Å². The molecule has 0 aliphatic rings. The molecule has 0 bridgehead atoms. The Morgan fingerprint density at radius 1 is 1.06 bits per heavy atom. The van der Waals surface area contributed by atoms with Crippen LogP contribution in [0.4, 0.5) is 0 Å². The zero-order chi connectivity index (χ0) is 12.5. The Morgan fingerprint density at radius 3 is 2.53 bits per heavy atom. The maximum atomic E-state index is 8.98. The van der Waals surface area contributed by atoms with Crippen molar-refractivity contribution in [3.63, 3.8) is 0 Å². The van der Waals surface area contributed by atoms with Crippen molar-refractivity contribution in [3.8, 4) is 11.5 Å². The Hall–Kier alpha value is -1.30. The minimum Gasteiger partial charge on any atom is -0.493 e. The first kappa shape index (κ1) is 13.8. The molecular formula is C12H18O5. The quantitative estimate of drug-likeness (QED) is 0.652. The first-order valence-corrected chi connectivity index (χ1v) is 5.41. The lowest BCUT2D eigenvalue weighted by Gasteiger charge is -2.11. The number of hydrogen-bond donors (Lipinski definition) is 2. The molecule has 0 radical (unpaired) electrons. The van der Waals surface area contributed by atoms with Crippen LogP contribution in [0, 0.1) is 0 Å². The van der Waals surface area contributed by atoms with Gasteiger partial charge in [-0.2, -0.15) is 0 Å². The van der Waals surface area contributed by atoms with E-state index >= 15 is 0 Å². The van der Waals surface area contributed by atoms with Gasteiger partial charge in [-0.25, -0.2) is 0 Å². The van der Waals surface area contributed by atoms with Gasteiger partial charge in [0.05, 0.1) is 33.5 Å². The number of aliphatic hydroxyl groups is 2. The second-order valence-corrected chi connectivity index (χ2v) is 3.33. The summed E-state index contributed by atoms with van der Waals surface area (Å²) in [5, 5.41) is 17.5. The minimum atomic E-state index is -0.0315. The molecule has 0 amide bonds. The maximum absolute atomic E-state index is 8.98. The van der Waals surface area contributed by atoms with E-state index in [4.69, 9.17) is 24.4 Å². The molecular weight excluding hydrogens is 224 g/mol. The second kappa shape index (κ2) is 7.89. The van der Waals surface area contributed by atoms with Crippen LogP contribution in [0.25, 0.3) is 0 Å². The van der Waals surface area contributed by atoms with E-state index in [2.05, 4.69) is 0 Å². The van der Waals surface area contributed by atoms with Crippen LogP contribution in [0.3, 0.4) is 0 Å². The Balaban J connectivity index is 2.46. The molecule has 0 aromatic heterocycles. The average molecular weight is 242 g/mol. The summed E-state index contributed by atoms with van der Waals surface area (Å²) in [6.07, 6.45) is 0. The van der Waals surface area contributed by atoms with Gasteiger partial charge in [0.25, 0.3) is 0 Å². The molecule has 0 atom stereocenters. The Labute approximate surface area is 101 Å². The maximum Gasteiger partial charge on any atom is 0.161 e. The lowest BCUT2D eigenvalue weighted by atomic mass is 10.2. The summed E-state index contributed by atoms with van der Waals surface area (Å²) < 4.78 is 15.7. The molecule has 0 saturated carbocycles. The molecule has 0 saturated heterocycles. The first-order valence-electron chi connectivity index (χ1n) is 5.41. The van der Waals surface area contributed by atoms with Gasteiger partial charge in [0.15, 0.2) is 11.5 Å². The number of benzene rings is 1. The van der Waals surface area contributed by atoms with Gasteiger partial charge < -0.3 is 24.4 Å². The largest absolute Gasteiger partial charge is 0.493 e. The van der Waals surface area contributed by atoms with Crippen molar-refractivity contribution in [2.75, 3.05) is 33.5 Å². The lowest BCUT2D eigenvalue weighted by molar-refractivity contribution is 0.0699. The molecule has 0 unspecified atom stereocenters. The van der Waals surface area contributed by atoms with Crippen molar-refractivity contribution in [2.24, 2.45) is 0 Å². The zero-order valence-electron chi connectivity index (χ0n) is 9.89. The smallest absolute Gasteiger partial charge is 0.161 e. The third-order valence-electron chi connectivity index (χ3n) is 2.13. The first-order chi connectivity index (χ1) is 8.31. The second-order valence-electron chi connectivity index (χ2n) is 3.33. The molecule has 5 nitrogen and oxygen atoms in total. The third kappa shape index (κ3) is 4.60. The molecule has 0 fully saturated rings. The van der Waals surface area contributed by atoms with E-state index in [-0.39, 0.29) is 13.2 Å². The molecule has 0 heterocycles. The van der Waals surface area contributed by atoms with E-state index < -0.39 is 0 Å². The molecule has 96 valence electrons. The van der Waals surface area contributed by atoms with Crippen LogP contribution in [0.15, 0.2) is 18.2 Å². The van der Waals surface area contributed by atoms with Gasteiger partial charge in [-0.05, 0) is 17.7 Å². The van der Waals surface area contributed by atoms with Gasteiger partial charge in [0.1, 0.15) is 6.61 Å². The summed E-state index contributed by atoms with van der Waals surface area (Å²) in [6, 6.07) is 5.24. The summed E-state index contributed by atoms with van der Waals surface area (Å²) >= 11 is 0. The fourth-order valence-electron chi connectivity index (χ4n) is 1.31. The van der Waals surface area contributed by atoms with Crippen molar-refractivity contribution in [3.05, 3.63) is 23.8 Å². The fraction of sp³-hybridized carbons (Fsp3) is 0.500. The highest BCUT2D eigenvalue weighted by molar-refractivity contribution is 5.42. The summed E-state index contributed by atoms with van der Waals surface area (Å²) in [6.45, 7) is 1.08. The molecule has 2 N–H and O–H groups in total. The molecule has 0 spiro atoms. The monoisotopic (exact) mass is 242 g/mol. The van der Waals surface area contributed by atoms with Crippen LogP contribution < -0.4 is 9.47 Å². The normalized spacial score (nSPS) is 10.3. The molecule has 1 rings (SSSR count). The summed E-state index contributed by atoms with van der Waals surface area (Å²) in [5.41, 5.74) is 0.769. The van der Waals surface area contributed by atoms with Crippen molar-refractivity contribution in [1.82, 2.24) is 0 Å². The number of aliphatic hydroxyl groups excluding tert-OH is 2. The SMILES string of the molecule is COc1cc(CO)ccc1OCCOCCO. The molecule has 1 aromatic carbocycles. The molecule has 5 heteroatoms. The van der Waals surface area contributed by atoms with Crippen LogP contribution in [-0.2, 0) is 11.3 Å². The number of rotatable bonds is 8. The topological polar surface area (TPSA) is 68.2 Å².